The lowest BCUT2D eigenvalue weighted by Crippen LogP contribution is -2.21. The molecule has 0 aliphatic rings. The van der Waals surface area contributed by atoms with Crippen LogP contribution in [0.3, 0.4) is 0 Å². The molecule has 0 aromatic heterocycles. The lowest BCUT2D eigenvalue weighted by molar-refractivity contribution is -0.384. The minimum absolute atomic E-state index is 0.0598. The predicted octanol–water partition coefficient (Wildman–Crippen LogP) is 2.47. The van der Waals surface area contributed by atoms with E-state index in [0.29, 0.717) is 11.3 Å². The number of nitrogens with one attached hydrogen (secondary N) is 1. The van der Waals surface area contributed by atoms with Gasteiger partial charge >= 0.3 is 5.97 Å². The van der Waals surface area contributed by atoms with Crippen LogP contribution in [0.25, 0.3) is 0 Å². The fourth-order valence-electron chi connectivity index (χ4n) is 2.05. The Labute approximate surface area is 147 Å². The number of nitro benzene ring substituents is 1. The van der Waals surface area contributed by atoms with Crippen LogP contribution in [-0.4, -0.2) is 30.5 Å². The zero-order chi connectivity index (χ0) is 19.1. The minimum atomic E-state index is -0.701. The van der Waals surface area contributed by atoms with Crippen LogP contribution in [0.1, 0.15) is 5.56 Å². The highest BCUT2D eigenvalue weighted by Crippen LogP contribution is 2.18. The molecule has 0 aliphatic carbocycles. The van der Waals surface area contributed by atoms with Crippen LogP contribution in [-0.2, 0) is 20.7 Å². The molecule has 0 aliphatic heterocycles. The van der Waals surface area contributed by atoms with Crippen molar-refractivity contribution in [3.05, 3.63) is 64.0 Å². The monoisotopic (exact) mass is 362 g/mol. The number of carbonyl (C=O) groups excluding carboxylic acids is 2. The van der Waals surface area contributed by atoms with Gasteiger partial charge in [-0.2, -0.15) is 0 Å². The molecule has 0 atom stereocenters. The summed E-state index contributed by atoms with van der Waals surface area (Å²) in [7, 11) is 1.33. The van der Waals surface area contributed by atoms with Crippen LogP contribution in [0.15, 0.2) is 42.5 Å². The summed E-state index contributed by atoms with van der Waals surface area (Å²) in [5.41, 5.74) is 0.596. The first-order chi connectivity index (χ1) is 12.4. The first kappa shape index (κ1) is 18.8. The van der Waals surface area contributed by atoms with Crippen molar-refractivity contribution in [3.8, 4) is 5.75 Å². The van der Waals surface area contributed by atoms with Crippen molar-refractivity contribution in [1.82, 2.24) is 0 Å². The van der Waals surface area contributed by atoms with E-state index in [9.17, 15) is 24.1 Å². The van der Waals surface area contributed by atoms with Crippen LogP contribution in [0, 0.1) is 15.9 Å². The van der Waals surface area contributed by atoms with Gasteiger partial charge < -0.3 is 14.8 Å². The molecule has 26 heavy (non-hydrogen) atoms. The van der Waals surface area contributed by atoms with Crippen molar-refractivity contribution in [2.75, 3.05) is 19.0 Å². The summed E-state index contributed by atoms with van der Waals surface area (Å²) in [6, 6.07) is 9.24. The molecule has 0 spiro atoms. The highest BCUT2D eigenvalue weighted by molar-refractivity contribution is 5.93. The van der Waals surface area contributed by atoms with Crippen LogP contribution < -0.4 is 10.1 Å². The zero-order valence-electron chi connectivity index (χ0n) is 13.7. The number of carbonyl (C=O) groups is 2. The van der Waals surface area contributed by atoms with E-state index in [2.05, 4.69) is 5.32 Å². The number of amides is 1. The molecule has 1 amide bonds. The molecule has 0 saturated heterocycles. The van der Waals surface area contributed by atoms with E-state index in [-0.39, 0.29) is 17.9 Å². The third kappa shape index (κ3) is 5.26. The van der Waals surface area contributed by atoms with E-state index in [0.717, 1.165) is 6.07 Å². The summed E-state index contributed by atoms with van der Waals surface area (Å²) in [5.74, 6) is -1.85. The molecular weight excluding hydrogens is 347 g/mol. The summed E-state index contributed by atoms with van der Waals surface area (Å²) in [6.45, 7) is -0.533. The quantitative estimate of drug-likeness (QED) is 0.460. The van der Waals surface area contributed by atoms with Crippen molar-refractivity contribution in [2.24, 2.45) is 0 Å². The topological polar surface area (TPSA) is 108 Å². The summed E-state index contributed by atoms with van der Waals surface area (Å²) in [4.78, 5) is 33.4. The van der Waals surface area contributed by atoms with Gasteiger partial charge in [-0.3, -0.25) is 19.7 Å². The van der Waals surface area contributed by atoms with Crippen molar-refractivity contribution in [3.63, 3.8) is 0 Å². The van der Waals surface area contributed by atoms with Crippen molar-refractivity contribution >= 4 is 23.3 Å². The van der Waals surface area contributed by atoms with Gasteiger partial charge in [-0.05, 0) is 29.8 Å². The van der Waals surface area contributed by atoms with E-state index >= 15 is 0 Å². The average Bonchev–Trinajstić information content (AvgIpc) is 2.60. The lowest BCUT2D eigenvalue weighted by Gasteiger charge is -2.07. The van der Waals surface area contributed by atoms with E-state index in [4.69, 9.17) is 9.47 Å². The fourth-order valence-corrected chi connectivity index (χ4v) is 2.05. The number of esters is 1. The maximum absolute atomic E-state index is 13.6. The van der Waals surface area contributed by atoms with Gasteiger partial charge in [0.1, 0.15) is 0 Å². The number of benzene rings is 2. The molecular formula is C17H15FN2O6. The number of halogens is 1. The van der Waals surface area contributed by atoms with Gasteiger partial charge in [0.05, 0.1) is 18.5 Å². The standard InChI is InChI=1S/C17H15FN2O6/c1-25-15-7-2-11(8-14(15)18)9-17(22)26-10-16(21)19-12-3-5-13(6-4-12)20(23)24/h2-8H,9-10H2,1H3,(H,19,21). The SMILES string of the molecule is COc1ccc(CC(=O)OCC(=O)Nc2ccc([N+](=O)[O-])cc2)cc1F. The second-order valence-corrected chi connectivity index (χ2v) is 5.16. The summed E-state index contributed by atoms with van der Waals surface area (Å²) < 4.78 is 23.2. The van der Waals surface area contributed by atoms with Crippen molar-refractivity contribution < 1.29 is 28.4 Å². The Balaban J connectivity index is 1.82. The number of methoxy groups -OCH3 is 1. The number of rotatable bonds is 7. The summed E-state index contributed by atoms with van der Waals surface area (Å²) in [5, 5.41) is 13.0. The van der Waals surface area contributed by atoms with Crippen LogP contribution >= 0.6 is 0 Å². The Kier molecular flexibility index (Phi) is 6.20. The van der Waals surface area contributed by atoms with E-state index in [1.165, 1.54) is 43.5 Å². The molecule has 136 valence electrons. The molecule has 0 radical (unpaired) electrons. The Bertz CT molecular complexity index is 823. The smallest absolute Gasteiger partial charge is 0.310 e. The average molecular weight is 362 g/mol. The Morgan fingerprint density at radius 3 is 2.46 bits per heavy atom. The minimum Gasteiger partial charge on any atom is -0.494 e. The maximum atomic E-state index is 13.6. The molecule has 0 bridgehead atoms. The highest BCUT2D eigenvalue weighted by Gasteiger charge is 2.12. The number of nitro groups is 1. The second kappa shape index (κ2) is 8.56. The predicted molar refractivity (Wildman–Crippen MR) is 89.3 cm³/mol. The van der Waals surface area contributed by atoms with Gasteiger partial charge in [0.15, 0.2) is 18.2 Å². The number of anilines is 1. The molecule has 0 unspecified atom stereocenters. The van der Waals surface area contributed by atoms with Gasteiger partial charge in [-0.1, -0.05) is 6.07 Å². The normalized spacial score (nSPS) is 10.1. The highest BCUT2D eigenvalue weighted by atomic mass is 19.1. The zero-order valence-corrected chi connectivity index (χ0v) is 13.7. The van der Waals surface area contributed by atoms with Crippen LogP contribution in [0.2, 0.25) is 0 Å². The van der Waals surface area contributed by atoms with Gasteiger partial charge in [0.2, 0.25) is 0 Å². The number of hydrogen-bond acceptors (Lipinski definition) is 6. The van der Waals surface area contributed by atoms with Gasteiger partial charge in [-0.15, -0.1) is 0 Å². The molecule has 2 aromatic carbocycles. The Hall–Kier alpha value is -3.49. The Morgan fingerprint density at radius 1 is 1.19 bits per heavy atom. The first-order valence-electron chi connectivity index (χ1n) is 7.41. The number of nitrogens with zero attached hydrogens (tertiary/aromatic N) is 1. The third-order valence-electron chi connectivity index (χ3n) is 3.29. The summed E-state index contributed by atoms with van der Waals surface area (Å²) >= 11 is 0. The fraction of sp³-hybridized carbons (Fsp3) is 0.176. The Morgan fingerprint density at radius 2 is 1.88 bits per heavy atom. The number of non-ortho nitro benzene ring substituents is 1. The molecule has 8 nitrogen and oxygen atoms in total. The number of ether oxygens (including phenoxy) is 2. The molecule has 1 N–H and O–H groups in total. The van der Waals surface area contributed by atoms with E-state index in [1.807, 2.05) is 0 Å². The molecule has 0 heterocycles. The van der Waals surface area contributed by atoms with Crippen LogP contribution in [0.5, 0.6) is 5.75 Å². The van der Waals surface area contributed by atoms with Crippen molar-refractivity contribution in [2.45, 2.75) is 6.42 Å². The summed E-state index contributed by atoms with van der Waals surface area (Å²) in [6.07, 6.45) is -0.203. The lowest BCUT2D eigenvalue weighted by atomic mass is 10.1. The third-order valence-corrected chi connectivity index (χ3v) is 3.29. The van der Waals surface area contributed by atoms with Gasteiger partial charge in [-0.25, -0.2) is 4.39 Å². The number of hydrogen-bond donors (Lipinski definition) is 1. The molecule has 0 fully saturated rings. The van der Waals surface area contributed by atoms with E-state index < -0.39 is 29.2 Å². The molecule has 2 rings (SSSR count). The van der Waals surface area contributed by atoms with Gasteiger partial charge in [0.25, 0.3) is 11.6 Å². The van der Waals surface area contributed by atoms with Crippen LogP contribution in [0.4, 0.5) is 15.8 Å². The molecule has 2 aromatic rings. The van der Waals surface area contributed by atoms with Crippen molar-refractivity contribution in [1.29, 1.82) is 0 Å². The largest absolute Gasteiger partial charge is 0.494 e. The second-order valence-electron chi connectivity index (χ2n) is 5.16. The molecule has 9 heteroatoms. The first-order valence-corrected chi connectivity index (χ1v) is 7.41. The van der Waals surface area contributed by atoms with Gasteiger partial charge in [0, 0.05) is 17.8 Å². The maximum Gasteiger partial charge on any atom is 0.310 e. The van der Waals surface area contributed by atoms with E-state index in [1.54, 1.807) is 0 Å². The molecule has 0 saturated carbocycles.